The van der Waals surface area contributed by atoms with E-state index in [-0.39, 0.29) is 6.54 Å². The van der Waals surface area contributed by atoms with Crippen LogP contribution in [0.3, 0.4) is 0 Å². The number of rotatable bonds is 9. The minimum absolute atomic E-state index is 0.0410. The molecular formula is C14H24F3N3. The maximum absolute atomic E-state index is 12.1. The second kappa shape index (κ2) is 7.28. The molecule has 1 aliphatic carbocycles. The summed E-state index contributed by atoms with van der Waals surface area (Å²) in [6.45, 7) is 2.58. The van der Waals surface area contributed by atoms with Gasteiger partial charge < -0.3 is 4.90 Å². The van der Waals surface area contributed by atoms with E-state index in [1.165, 1.54) is 0 Å². The predicted molar refractivity (Wildman–Crippen MR) is 72.2 cm³/mol. The molecule has 0 bridgehead atoms. The topological polar surface area (TPSA) is 39.1 Å². The Balaban J connectivity index is 2.12. The molecule has 1 fully saturated rings. The summed E-state index contributed by atoms with van der Waals surface area (Å²) in [5.74, 6) is 0. The lowest BCUT2D eigenvalue weighted by molar-refractivity contribution is -0.137. The van der Waals surface area contributed by atoms with Crippen LogP contribution in [0.25, 0.3) is 0 Å². The van der Waals surface area contributed by atoms with Crippen molar-refractivity contribution in [1.82, 2.24) is 10.2 Å². The molecule has 3 nitrogen and oxygen atoms in total. The summed E-state index contributed by atoms with van der Waals surface area (Å²) in [6.07, 6.45) is -0.162. The average Bonchev–Trinajstić information content (AvgIpc) is 3.15. The molecule has 116 valence electrons. The second-order valence-corrected chi connectivity index (χ2v) is 5.99. The molecule has 0 aromatic heterocycles. The molecule has 1 N–H and O–H groups in total. The van der Waals surface area contributed by atoms with Gasteiger partial charge in [0, 0.05) is 12.6 Å². The van der Waals surface area contributed by atoms with Crippen molar-refractivity contribution in [2.75, 3.05) is 20.1 Å². The molecule has 1 unspecified atom stereocenters. The van der Waals surface area contributed by atoms with Crippen molar-refractivity contribution in [3.8, 4) is 6.07 Å². The zero-order valence-electron chi connectivity index (χ0n) is 12.3. The lowest BCUT2D eigenvalue weighted by Gasteiger charge is -2.24. The van der Waals surface area contributed by atoms with Crippen LogP contribution in [0.2, 0.25) is 0 Å². The van der Waals surface area contributed by atoms with E-state index >= 15 is 0 Å². The van der Waals surface area contributed by atoms with Crippen molar-refractivity contribution in [1.29, 1.82) is 5.26 Å². The van der Waals surface area contributed by atoms with Gasteiger partial charge in [-0.25, -0.2) is 0 Å². The van der Waals surface area contributed by atoms with Crippen LogP contribution < -0.4 is 5.32 Å². The molecule has 20 heavy (non-hydrogen) atoms. The summed E-state index contributed by atoms with van der Waals surface area (Å²) < 4.78 is 36.2. The minimum atomic E-state index is -4.08. The highest BCUT2D eigenvalue weighted by Gasteiger charge is 2.32. The highest BCUT2D eigenvalue weighted by molar-refractivity contribution is 5.06. The first-order valence-corrected chi connectivity index (χ1v) is 7.18. The molecule has 0 amide bonds. The van der Waals surface area contributed by atoms with Crippen LogP contribution >= 0.6 is 0 Å². The van der Waals surface area contributed by atoms with Crippen molar-refractivity contribution in [3.05, 3.63) is 0 Å². The van der Waals surface area contributed by atoms with E-state index in [1.54, 1.807) is 11.9 Å². The number of halogens is 3. The SMILES string of the molecule is CN(CCCCC(C)(C#N)NC1CC1)CCC(F)(F)F. The number of unbranched alkanes of at least 4 members (excludes halogenated alkanes) is 1. The molecule has 0 aromatic carbocycles. The van der Waals surface area contributed by atoms with Gasteiger partial charge in [0.1, 0.15) is 5.54 Å². The summed E-state index contributed by atoms with van der Waals surface area (Å²) >= 11 is 0. The smallest absolute Gasteiger partial charge is 0.306 e. The maximum Gasteiger partial charge on any atom is 0.390 e. The first-order chi connectivity index (χ1) is 9.24. The Bertz CT molecular complexity index is 334. The fraction of sp³-hybridized carbons (Fsp3) is 0.929. The summed E-state index contributed by atoms with van der Waals surface area (Å²) in [6, 6.07) is 2.79. The zero-order chi connectivity index (χ0) is 15.2. The van der Waals surface area contributed by atoms with Crippen LogP contribution in [-0.4, -0.2) is 42.8 Å². The maximum atomic E-state index is 12.1. The number of hydrogen-bond donors (Lipinski definition) is 1. The van der Waals surface area contributed by atoms with E-state index < -0.39 is 18.1 Å². The summed E-state index contributed by atoms with van der Waals surface area (Å²) in [4.78, 5) is 1.70. The van der Waals surface area contributed by atoms with E-state index in [1.807, 2.05) is 6.92 Å². The van der Waals surface area contributed by atoms with E-state index in [9.17, 15) is 18.4 Å². The van der Waals surface area contributed by atoms with Gasteiger partial charge in [0.2, 0.25) is 0 Å². The van der Waals surface area contributed by atoms with Crippen LogP contribution in [0.4, 0.5) is 13.2 Å². The van der Waals surface area contributed by atoms with Gasteiger partial charge >= 0.3 is 6.18 Å². The van der Waals surface area contributed by atoms with Gasteiger partial charge in [0.15, 0.2) is 0 Å². The van der Waals surface area contributed by atoms with E-state index in [0.717, 1.165) is 32.1 Å². The molecule has 1 aliphatic rings. The number of nitrogens with zero attached hydrogens (tertiary/aromatic N) is 2. The van der Waals surface area contributed by atoms with Crippen molar-refractivity contribution >= 4 is 0 Å². The van der Waals surface area contributed by atoms with Gasteiger partial charge in [-0.15, -0.1) is 0 Å². The monoisotopic (exact) mass is 291 g/mol. The summed E-state index contributed by atoms with van der Waals surface area (Å²) in [5.41, 5.74) is -0.494. The Labute approximate surface area is 119 Å². The molecule has 0 spiro atoms. The van der Waals surface area contributed by atoms with Gasteiger partial charge in [-0.3, -0.25) is 5.32 Å². The predicted octanol–water partition coefficient (Wildman–Crippen LogP) is 3.08. The zero-order valence-corrected chi connectivity index (χ0v) is 12.3. The minimum Gasteiger partial charge on any atom is -0.306 e. The highest BCUT2D eigenvalue weighted by Crippen LogP contribution is 2.25. The van der Waals surface area contributed by atoms with Crippen LogP contribution in [0.1, 0.15) is 45.4 Å². The van der Waals surface area contributed by atoms with Crippen LogP contribution in [0, 0.1) is 11.3 Å². The van der Waals surface area contributed by atoms with Crippen molar-refractivity contribution in [2.45, 2.75) is 63.2 Å². The Morgan fingerprint density at radius 3 is 2.35 bits per heavy atom. The van der Waals surface area contributed by atoms with Crippen LogP contribution in [0.15, 0.2) is 0 Å². The molecule has 0 aliphatic heterocycles. The van der Waals surface area contributed by atoms with E-state index in [4.69, 9.17) is 0 Å². The summed E-state index contributed by atoms with van der Waals surface area (Å²) in [5, 5.41) is 12.5. The molecule has 1 saturated carbocycles. The van der Waals surface area contributed by atoms with Gasteiger partial charge in [-0.05, 0) is 52.6 Å². The normalized spacial score (nSPS) is 18.9. The lowest BCUT2D eigenvalue weighted by Crippen LogP contribution is -2.42. The molecule has 6 heteroatoms. The van der Waals surface area contributed by atoms with Gasteiger partial charge in [-0.2, -0.15) is 18.4 Å². The molecule has 1 rings (SSSR count). The highest BCUT2D eigenvalue weighted by atomic mass is 19.4. The first kappa shape index (κ1) is 17.3. The van der Waals surface area contributed by atoms with Gasteiger partial charge in [0.05, 0.1) is 12.5 Å². The quantitative estimate of drug-likeness (QED) is 0.664. The Morgan fingerprint density at radius 2 is 1.85 bits per heavy atom. The number of hydrogen-bond acceptors (Lipinski definition) is 3. The number of nitriles is 1. The Hall–Kier alpha value is -0.800. The standard InChI is InChI=1S/C14H24F3N3/c1-13(11-18,19-12-5-6-12)7-3-4-9-20(2)10-8-14(15,16)17/h12,19H,3-10H2,1-2H3. The third-order valence-electron chi connectivity index (χ3n) is 3.59. The second-order valence-electron chi connectivity index (χ2n) is 5.99. The molecule has 1 atom stereocenters. The third-order valence-corrected chi connectivity index (χ3v) is 3.59. The molecular weight excluding hydrogens is 267 g/mol. The van der Waals surface area contributed by atoms with E-state index in [2.05, 4.69) is 11.4 Å². The Morgan fingerprint density at radius 1 is 1.20 bits per heavy atom. The number of alkyl halides is 3. The molecule has 0 saturated heterocycles. The largest absolute Gasteiger partial charge is 0.390 e. The van der Waals surface area contributed by atoms with Crippen molar-refractivity contribution in [2.24, 2.45) is 0 Å². The van der Waals surface area contributed by atoms with E-state index in [0.29, 0.717) is 12.6 Å². The number of nitrogens with one attached hydrogen (secondary N) is 1. The van der Waals surface area contributed by atoms with Crippen LogP contribution in [-0.2, 0) is 0 Å². The molecule has 0 radical (unpaired) electrons. The van der Waals surface area contributed by atoms with Gasteiger partial charge in [-0.1, -0.05) is 0 Å². The van der Waals surface area contributed by atoms with Crippen molar-refractivity contribution < 1.29 is 13.2 Å². The Kier molecular flexibility index (Phi) is 6.28. The first-order valence-electron chi connectivity index (χ1n) is 7.18. The lowest BCUT2D eigenvalue weighted by atomic mass is 9.96. The molecule has 0 heterocycles. The fourth-order valence-corrected chi connectivity index (χ4v) is 2.13. The fourth-order valence-electron chi connectivity index (χ4n) is 2.13. The van der Waals surface area contributed by atoms with Crippen LogP contribution in [0.5, 0.6) is 0 Å². The van der Waals surface area contributed by atoms with Crippen molar-refractivity contribution in [3.63, 3.8) is 0 Å². The third kappa shape index (κ3) is 7.71. The average molecular weight is 291 g/mol. The molecule has 0 aromatic rings. The van der Waals surface area contributed by atoms with Gasteiger partial charge in [0.25, 0.3) is 0 Å². The summed E-state index contributed by atoms with van der Waals surface area (Å²) in [7, 11) is 1.71.